The lowest BCUT2D eigenvalue weighted by atomic mass is 9.91. The van der Waals surface area contributed by atoms with Crippen LogP contribution in [0, 0.1) is 0 Å². The van der Waals surface area contributed by atoms with Gasteiger partial charge in [-0.2, -0.15) is 0 Å². The first-order valence-corrected chi connectivity index (χ1v) is 21.8. The van der Waals surface area contributed by atoms with E-state index in [1.54, 1.807) is 6.92 Å². The molecule has 2 aliphatic rings. The second-order valence-corrected chi connectivity index (χ2v) is 16.3. The van der Waals surface area contributed by atoms with Gasteiger partial charge in [0.2, 0.25) is 0 Å². The van der Waals surface area contributed by atoms with E-state index in [1.165, 1.54) is 128 Å². The summed E-state index contributed by atoms with van der Waals surface area (Å²) in [7, 11) is 0. The molecule has 2 heterocycles. The quantitative estimate of drug-likeness (QED) is 0.0286. The molecular formula is C43H84FNO8. The second-order valence-electron chi connectivity index (χ2n) is 16.3. The summed E-state index contributed by atoms with van der Waals surface area (Å²) in [6.07, 6.45) is 24.7. The maximum atomic E-state index is 12.8. The second kappa shape index (κ2) is 32.4. The molecule has 316 valence electrons. The van der Waals surface area contributed by atoms with Crippen molar-refractivity contribution in [2.24, 2.45) is 5.73 Å². The van der Waals surface area contributed by atoms with Gasteiger partial charge in [-0.1, -0.05) is 154 Å². The van der Waals surface area contributed by atoms with E-state index in [4.69, 9.17) is 19.9 Å². The lowest BCUT2D eigenvalue weighted by Gasteiger charge is -2.39. The molecule has 2 saturated heterocycles. The zero-order chi connectivity index (χ0) is 39.2. The van der Waals surface area contributed by atoms with Gasteiger partial charge in [0, 0.05) is 0 Å². The van der Waals surface area contributed by atoms with E-state index in [1.807, 2.05) is 0 Å². The number of halogens is 1. The molecule has 2 rings (SSSR count). The van der Waals surface area contributed by atoms with Crippen molar-refractivity contribution in [2.45, 2.75) is 236 Å². The van der Waals surface area contributed by atoms with Gasteiger partial charge in [-0.3, -0.25) is 0 Å². The molecule has 53 heavy (non-hydrogen) atoms. The van der Waals surface area contributed by atoms with E-state index in [2.05, 4.69) is 13.5 Å². The minimum Gasteiger partial charge on any atom is -0.394 e. The van der Waals surface area contributed by atoms with Crippen molar-refractivity contribution >= 4 is 0 Å². The lowest BCUT2D eigenvalue weighted by Crippen LogP contribution is -2.59. The highest BCUT2D eigenvalue weighted by atomic mass is 19.1. The van der Waals surface area contributed by atoms with Gasteiger partial charge < -0.3 is 45.5 Å². The number of rotatable bonds is 33. The van der Waals surface area contributed by atoms with E-state index in [-0.39, 0.29) is 12.1 Å². The van der Waals surface area contributed by atoms with Crippen molar-refractivity contribution in [3.05, 3.63) is 12.2 Å². The Labute approximate surface area is 323 Å². The summed E-state index contributed by atoms with van der Waals surface area (Å²) in [4.78, 5) is 0. The van der Waals surface area contributed by atoms with Crippen molar-refractivity contribution in [1.29, 1.82) is 0 Å². The van der Waals surface area contributed by atoms with Crippen LogP contribution in [0.2, 0.25) is 0 Å². The maximum absolute atomic E-state index is 12.8. The van der Waals surface area contributed by atoms with Gasteiger partial charge in [-0.05, 0) is 45.4 Å². The Hall–Kier alpha value is -0.690. The highest BCUT2D eigenvalue weighted by Gasteiger charge is 2.44. The number of hydrogen-bond donors (Lipinski definition) is 6. The summed E-state index contributed by atoms with van der Waals surface area (Å²) < 4.78 is 28.6. The molecule has 2 aliphatic heterocycles. The Morgan fingerprint density at radius 1 is 0.755 bits per heavy atom. The number of alkyl halides is 1. The zero-order valence-corrected chi connectivity index (χ0v) is 34.1. The molecule has 0 aromatic carbocycles. The first kappa shape index (κ1) is 50.3. The summed E-state index contributed by atoms with van der Waals surface area (Å²) in [5, 5.41) is 48.7. The van der Waals surface area contributed by atoms with Crippen LogP contribution in [0.15, 0.2) is 12.2 Å². The van der Waals surface area contributed by atoms with Gasteiger partial charge in [-0.15, -0.1) is 0 Å². The predicted octanol–water partition coefficient (Wildman–Crippen LogP) is 8.34. The molecule has 0 spiro atoms. The molecule has 0 aromatic rings. The van der Waals surface area contributed by atoms with Crippen molar-refractivity contribution in [3.8, 4) is 0 Å². The fourth-order valence-corrected chi connectivity index (χ4v) is 7.17. The summed E-state index contributed by atoms with van der Waals surface area (Å²) in [6, 6.07) is 0. The van der Waals surface area contributed by atoms with Crippen LogP contribution in [-0.4, -0.2) is 100 Å². The third-order valence-corrected chi connectivity index (χ3v) is 10.8. The van der Waals surface area contributed by atoms with Gasteiger partial charge in [0.1, 0.15) is 30.6 Å². The Balaban J connectivity index is 0.000000561. The van der Waals surface area contributed by atoms with Crippen LogP contribution in [0.25, 0.3) is 0 Å². The van der Waals surface area contributed by atoms with Crippen LogP contribution in [0.5, 0.6) is 0 Å². The standard InChI is InChI=1S/C24H48O7.C19H36FNO/c1-2-3-4-5-6-7-8-9-10-11-12-13-14-15-19(26)16-17-30-24-23(29)22(28)21(27)20(18-25)31-24;1-17(14-18(2)20)12-10-8-6-4-3-5-7-9-11-13-19(21)15-22-16-19/h19-29H,2-18H2,1H3;18H,1,3-16,21H2,2H3. The van der Waals surface area contributed by atoms with Gasteiger partial charge in [0.25, 0.3) is 0 Å². The Bertz CT molecular complexity index is 845. The van der Waals surface area contributed by atoms with E-state index in [0.29, 0.717) is 12.8 Å². The molecule has 0 radical (unpaired) electrons. The number of aliphatic hydroxyl groups is 5. The van der Waals surface area contributed by atoms with Crippen LogP contribution in [0.1, 0.15) is 187 Å². The van der Waals surface area contributed by atoms with Gasteiger partial charge in [0.05, 0.1) is 38.1 Å². The summed E-state index contributed by atoms with van der Waals surface area (Å²) in [6.45, 7) is 9.00. The van der Waals surface area contributed by atoms with Crippen LogP contribution >= 0.6 is 0 Å². The SMILES string of the molecule is C=C(CCCCCCCCCCCC1(N)COC1)CC(C)F.CCCCCCCCCCCCCCCC(O)CCOC1OC(CO)C(O)C(O)C1O. The number of hydrogen-bond acceptors (Lipinski definition) is 9. The Morgan fingerprint density at radius 2 is 1.25 bits per heavy atom. The number of ether oxygens (including phenoxy) is 3. The number of allylic oxidation sites excluding steroid dienone is 1. The molecule has 0 amide bonds. The molecule has 7 atom stereocenters. The van der Waals surface area contributed by atoms with E-state index in [9.17, 15) is 29.9 Å². The molecule has 7 N–H and O–H groups in total. The highest BCUT2D eigenvalue weighted by molar-refractivity contribution is 4.95. The van der Waals surface area contributed by atoms with E-state index in [0.717, 1.165) is 50.9 Å². The highest BCUT2D eigenvalue weighted by Crippen LogP contribution is 2.24. The Kier molecular flexibility index (Phi) is 30.8. The average molecular weight is 762 g/mol. The third kappa shape index (κ3) is 26.0. The molecule has 10 heteroatoms. The van der Waals surface area contributed by atoms with E-state index < -0.39 is 49.6 Å². The smallest absolute Gasteiger partial charge is 0.186 e. The van der Waals surface area contributed by atoms with Crippen molar-refractivity contribution in [2.75, 3.05) is 26.4 Å². The monoisotopic (exact) mass is 762 g/mol. The fraction of sp³-hybridized carbons (Fsp3) is 0.953. The van der Waals surface area contributed by atoms with Crippen molar-refractivity contribution in [3.63, 3.8) is 0 Å². The van der Waals surface area contributed by atoms with Gasteiger partial charge in [-0.25, -0.2) is 4.39 Å². The number of aliphatic hydroxyl groups excluding tert-OH is 5. The maximum Gasteiger partial charge on any atom is 0.186 e. The number of nitrogens with two attached hydrogens (primary N) is 1. The molecular weight excluding hydrogens is 677 g/mol. The average Bonchev–Trinajstić information content (AvgIpc) is 3.11. The van der Waals surface area contributed by atoms with Crippen LogP contribution in [-0.2, 0) is 14.2 Å². The molecule has 0 saturated carbocycles. The van der Waals surface area contributed by atoms with Crippen LogP contribution in [0.4, 0.5) is 4.39 Å². The summed E-state index contributed by atoms with van der Waals surface area (Å²) in [5.41, 5.74) is 7.19. The van der Waals surface area contributed by atoms with Gasteiger partial charge >= 0.3 is 0 Å². The van der Waals surface area contributed by atoms with Crippen LogP contribution in [0.3, 0.4) is 0 Å². The third-order valence-electron chi connectivity index (χ3n) is 10.8. The zero-order valence-electron chi connectivity index (χ0n) is 34.1. The lowest BCUT2D eigenvalue weighted by molar-refractivity contribution is -0.301. The molecule has 0 aromatic heterocycles. The molecule has 0 bridgehead atoms. The predicted molar refractivity (Wildman–Crippen MR) is 214 cm³/mol. The first-order valence-electron chi connectivity index (χ1n) is 21.8. The number of unbranched alkanes of at least 4 members (excludes halogenated alkanes) is 20. The largest absolute Gasteiger partial charge is 0.394 e. The fourth-order valence-electron chi connectivity index (χ4n) is 7.17. The van der Waals surface area contributed by atoms with E-state index >= 15 is 0 Å². The molecule has 9 nitrogen and oxygen atoms in total. The summed E-state index contributed by atoms with van der Waals surface area (Å²) >= 11 is 0. The van der Waals surface area contributed by atoms with Crippen LogP contribution < -0.4 is 5.73 Å². The van der Waals surface area contributed by atoms with Gasteiger partial charge in [0.15, 0.2) is 6.29 Å². The van der Waals surface area contributed by atoms with Crippen molar-refractivity contribution < 1.29 is 44.1 Å². The summed E-state index contributed by atoms with van der Waals surface area (Å²) in [5.74, 6) is 0. The van der Waals surface area contributed by atoms with Crippen molar-refractivity contribution in [1.82, 2.24) is 0 Å². The minimum absolute atomic E-state index is 0.00392. The molecule has 2 fully saturated rings. The molecule has 7 unspecified atom stereocenters. The Morgan fingerprint density at radius 3 is 1.72 bits per heavy atom. The normalized spacial score (nSPS) is 23.5. The minimum atomic E-state index is -1.44. The molecule has 0 aliphatic carbocycles. The first-order chi connectivity index (χ1) is 25.5. The topological polar surface area (TPSA) is 155 Å².